The highest BCUT2D eigenvalue weighted by atomic mass is 16.5. The van der Waals surface area contributed by atoms with Gasteiger partial charge in [-0.3, -0.25) is 4.90 Å². The highest BCUT2D eigenvalue weighted by molar-refractivity contribution is 5.44. The molecule has 108 valence electrons. The van der Waals surface area contributed by atoms with Crippen molar-refractivity contribution in [2.45, 2.75) is 39.0 Å². The predicted octanol–water partition coefficient (Wildman–Crippen LogP) is 2.50. The molecule has 0 radical (unpaired) electrons. The highest BCUT2D eigenvalue weighted by Gasteiger charge is 2.29. The number of nitrogens with zero attached hydrogens (tertiary/aromatic N) is 3. The summed E-state index contributed by atoms with van der Waals surface area (Å²) < 4.78 is 16.4. The maximum atomic E-state index is 5.74. The van der Waals surface area contributed by atoms with Crippen molar-refractivity contribution in [2.24, 2.45) is 0 Å². The number of aromatic nitrogens is 2. The Kier molecular flexibility index (Phi) is 3.58. The summed E-state index contributed by atoms with van der Waals surface area (Å²) in [5.74, 6) is 1.72. The molecule has 1 fully saturated rings. The maximum Gasteiger partial charge on any atom is 0.244 e. The van der Waals surface area contributed by atoms with Crippen LogP contribution in [0.4, 0.5) is 0 Å². The summed E-state index contributed by atoms with van der Waals surface area (Å²) in [5, 5.41) is 3.97. The lowest BCUT2D eigenvalue weighted by Crippen LogP contribution is -2.46. The lowest BCUT2D eigenvalue weighted by molar-refractivity contribution is -0.0818. The van der Waals surface area contributed by atoms with Crippen molar-refractivity contribution in [1.82, 2.24) is 15.0 Å². The average molecular weight is 277 g/mol. The van der Waals surface area contributed by atoms with E-state index < -0.39 is 0 Å². The number of furan rings is 1. The van der Waals surface area contributed by atoms with Gasteiger partial charge in [-0.25, -0.2) is 0 Å². The number of hydrogen-bond donors (Lipinski definition) is 0. The fourth-order valence-electron chi connectivity index (χ4n) is 2.60. The molecule has 1 saturated heterocycles. The summed E-state index contributed by atoms with van der Waals surface area (Å²) >= 11 is 0. The third-order valence-electron chi connectivity index (χ3n) is 3.54. The van der Waals surface area contributed by atoms with Crippen molar-refractivity contribution >= 4 is 0 Å². The van der Waals surface area contributed by atoms with Gasteiger partial charge < -0.3 is 13.7 Å². The molecule has 0 unspecified atom stereocenters. The van der Waals surface area contributed by atoms with Gasteiger partial charge in [-0.15, -0.1) is 0 Å². The number of morpholine rings is 1. The van der Waals surface area contributed by atoms with Crippen LogP contribution in [0.25, 0.3) is 11.6 Å². The Balaban J connectivity index is 1.75. The summed E-state index contributed by atoms with van der Waals surface area (Å²) in [7, 11) is 0. The van der Waals surface area contributed by atoms with Crippen LogP contribution in [0.1, 0.15) is 32.7 Å². The third-order valence-corrected chi connectivity index (χ3v) is 3.54. The summed E-state index contributed by atoms with van der Waals surface area (Å²) in [6, 6.07) is 3.69. The van der Waals surface area contributed by atoms with E-state index in [0.29, 0.717) is 17.5 Å². The van der Waals surface area contributed by atoms with Crippen LogP contribution >= 0.6 is 0 Å². The standard InChI is InChI=1S/C14H19N3O3/c1-9-7-17(8-10(2)19-9)11(3)14-15-13(16-20-14)12-5-4-6-18-12/h4-6,9-11H,7-8H2,1-3H3/t9-,10+,11-/m1/s1. The molecule has 2 aromatic rings. The van der Waals surface area contributed by atoms with Gasteiger partial charge in [-0.2, -0.15) is 4.98 Å². The molecule has 0 aliphatic carbocycles. The molecule has 0 bridgehead atoms. The van der Waals surface area contributed by atoms with Gasteiger partial charge in [0.15, 0.2) is 5.76 Å². The topological polar surface area (TPSA) is 64.5 Å². The largest absolute Gasteiger partial charge is 0.461 e. The van der Waals surface area contributed by atoms with E-state index in [1.165, 1.54) is 0 Å². The molecule has 0 amide bonds. The molecular formula is C14H19N3O3. The fraction of sp³-hybridized carbons (Fsp3) is 0.571. The fourth-order valence-corrected chi connectivity index (χ4v) is 2.60. The molecule has 0 N–H and O–H groups in total. The Labute approximate surface area is 117 Å². The van der Waals surface area contributed by atoms with E-state index in [4.69, 9.17) is 13.7 Å². The molecule has 6 heteroatoms. The normalized spacial score (nSPS) is 25.8. The van der Waals surface area contributed by atoms with Crippen molar-refractivity contribution in [3.8, 4) is 11.6 Å². The van der Waals surface area contributed by atoms with Crippen molar-refractivity contribution in [3.63, 3.8) is 0 Å². The zero-order valence-corrected chi connectivity index (χ0v) is 11.9. The zero-order chi connectivity index (χ0) is 14.1. The van der Waals surface area contributed by atoms with E-state index in [2.05, 4.69) is 35.8 Å². The Morgan fingerprint density at radius 2 is 2.05 bits per heavy atom. The van der Waals surface area contributed by atoms with Gasteiger partial charge in [0.1, 0.15) is 0 Å². The van der Waals surface area contributed by atoms with E-state index >= 15 is 0 Å². The molecule has 1 aliphatic rings. The molecule has 0 saturated carbocycles. The first-order valence-corrected chi connectivity index (χ1v) is 6.90. The number of ether oxygens (including phenoxy) is 1. The minimum Gasteiger partial charge on any atom is -0.461 e. The Morgan fingerprint density at radius 1 is 1.30 bits per heavy atom. The van der Waals surface area contributed by atoms with Crippen LogP contribution in [-0.4, -0.2) is 40.3 Å². The van der Waals surface area contributed by atoms with Gasteiger partial charge in [0.2, 0.25) is 11.7 Å². The monoisotopic (exact) mass is 277 g/mol. The molecule has 3 atom stereocenters. The van der Waals surface area contributed by atoms with E-state index in [-0.39, 0.29) is 18.2 Å². The second-order valence-corrected chi connectivity index (χ2v) is 5.32. The van der Waals surface area contributed by atoms with Crippen LogP contribution in [-0.2, 0) is 4.74 Å². The minimum absolute atomic E-state index is 0.0695. The predicted molar refractivity (Wildman–Crippen MR) is 72.0 cm³/mol. The van der Waals surface area contributed by atoms with E-state index in [0.717, 1.165) is 13.1 Å². The molecule has 6 nitrogen and oxygen atoms in total. The van der Waals surface area contributed by atoms with Crippen LogP contribution in [0.2, 0.25) is 0 Å². The first-order chi connectivity index (χ1) is 9.63. The summed E-state index contributed by atoms with van der Waals surface area (Å²) in [6.45, 7) is 7.97. The summed E-state index contributed by atoms with van der Waals surface area (Å²) in [6.07, 6.45) is 2.03. The average Bonchev–Trinajstić information content (AvgIpc) is 3.07. The van der Waals surface area contributed by atoms with Crippen molar-refractivity contribution in [1.29, 1.82) is 0 Å². The molecular weight excluding hydrogens is 258 g/mol. The van der Waals surface area contributed by atoms with E-state index in [1.807, 2.05) is 6.07 Å². The van der Waals surface area contributed by atoms with Crippen LogP contribution in [0.3, 0.4) is 0 Å². The second-order valence-electron chi connectivity index (χ2n) is 5.32. The van der Waals surface area contributed by atoms with E-state index in [1.54, 1.807) is 12.3 Å². The van der Waals surface area contributed by atoms with Gasteiger partial charge in [0.25, 0.3) is 0 Å². The van der Waals surface area contributed by atoms with Gasteiger partial charge in [-0.05, 0) is 32.9 Å². The molecule has 0 aromatic carbocycles. The quantitative estimate of drug-likeness (QED) is 0.859. The second kappa shape index (κ2) is 5.38. The molecule has 3 rings (SSSR count). The van der Waals surface area contributed by atoms with Crippen molar-refractivity contribution in [3.05, 3.63) is 24.3 Å². The van der Waals surface area contributed by atoms with Gasteiger partial charge >= 0.3 is 0 Å². The molecule has 2 aromatic heterocycles. The van der Waals surface area contributed by atoms with Crippen LogP contribution in [0, 0.1) is 0 Å². The first kappa shape index (κ1) is 13.3. The SMILES string of the molecule is C[C@@H]1CN([C@H](C)c2nc(-c3ccco3)no2)C[C@H](C)O1. The van der Waals surface area contributed by atoms with E-state index in [9.17, 15) is 0 Å². The smallest absolute Gasteiger partial charge is 0.244 e. The maximum absolute atomic E-state index is 5.74. The molecule has 1 aliphatic heterocycles. The van der Waals surface area contributed by atoms with Gasteiger partial charge in [0.05, 0.1) is 24.5 Å². The summed E-state index contributed by atoms with van der Waals surface area (Å²) in [5.41, 5.74) is 0. The Bertz CT molecular complexity index is 542. The molecule has 0 spiro atoms. The number of rotatable bonds is 3. The van der Waals surface area contributed by atoms with Crippen molar-refractivity contribution in [2.75, 3.05) is 13.1 Å². The van der Waals surface area contributed by atoms with Crippen LogP contribution < -0.4 is 0 Å². The minimum atomic E-state index is 0.0695. The first-order valence-electron chi connectivity index (χ1n) is 6.90. The highest BCUT2D eigenvalue weighted by Crippen LogP contribution is 2.25. The zero-order valence-electron chi connectivity index (χ0n) is 11.9. The number of hydrogen-bond acceptors (Lipinski definition) is 6. The van der Waals surface area contributed by atoms with Gasteiger partial charge in [0, 0.05) is 13.1 Å². The lowest BCUT2D eigenvalue weighted by atomic mass is 10.2. The summed E-state index contributed by atoms with van der Waals surface area (Å²) in [4.78, 5) is 6.73. The Hall–Kier alpha value is -1.66. The molecule has 3 heterocycles. The lowest BCUT2D eigenvalue weighted by Gasteiger charge is -2.37. The van der Waals surface area contributed by atoms with Crippen LogP contribution in [0.5, 0.6) is 0 Å². The Morgan fingerprint density at radius 3 is 2.70 bits per heavy atom. The van der Waals surface area contributed by atoms with Gasteiger partial charge in [-0.1, -0.05) is 5.16 Å². The van der Waals surface area contributed by atoms with Crippen LogP contribution in [0.15, 0.2) is 27.3 Å². The third kappa shape index (κ3) is 2.62. The molecule has 20 heavy (non-hydrogen) atoms. The van der Waals surface area contributed by atoms with Crippen molar-refractivity contribution < 1.29 is 13.7 Å².